The summed E-state index contributed by atoms with van der Waals surface area (Å²) >= 11 is 12.3. The van der Waals surface area contributed by atoms with Crippen LogP contribution in [0, 0.1) is 0 Å². The number of aromatic nitrogens is 2. The molecule has 0 bridgehead atoms. The molecule has 2 aromatic carbocycles. The molecule has 7 heteroatoms. The van der Waals surface area contributed by atoms with Gasteiger partial charge in [0, 0.05) is 33.9 Å². The summed E-state index contributed by atoms with van der Waals surface area (Å²) in [7, 11) is 0. The molecule has 0 amide bonds. The number of carbonyl (C=O) groups is 1. The normalized spacial score (nSPS) is 11.9. The molecule has 0 N–H and O–H groups in total. The molecule has 0 saturated carbocycles. The number of hydrogen-bond acceptors (Lipinski definition) is 4. The fourth-order valence-corrected chi connectivity index (χ4v) is 3.12. The molecule has 0 radical (unpaired) electrons. The highest BCUT2D eigenvalue weighted by Gasteiger charge is 2.26. The highest BCUT2D eigenvalue weighted by molar-refractivity contribution is 6.31. The third-order valence-corrected chi connectivity index (χ3v) is 4.55. The molecule has 3 rings (SSSR count). The Morgan fingerprint density at radius 3 is 2.57 bits per heavy atom. The molecule has 1 heterocycles. The van der Waals surface area contributed by atoms with Crippen LogP contribution in [0.2, 0.25) is 10.0 Å². The van der Waals surface area contributed by atoms with Crippen LogP contribution < -0.4 is 4.74 Å². The van der Waals surface area contributed by atoms with E-state index in [2.05, 4.69) is 5.10 Å². The summed E-state index contributed by atoms with van der Waals surface area (Å²) in [6, 6.07) is 14.0. The lowest BCUT2D eigenvalue weighted by atomic mass is 10.1. The average molecular weight is 419 g/mol. The first-order valence-corrected chi connectivity index (χ1v) is 9.69. The van der Waals surface area contributed by atoms with Gasteiger partial charge in [-0.3, -0.25) is 4.68 Å². The maximum absolute atomic E-state index is 12.6. The summed E-state index contributed by atoms with van der Waals surface area (Å²) in [6.07, 6.45) is 0.909. The summed E-state index contributed by atoms with van der Waals surface area (Å²) in [5.74, 6) is -0.0199. The lowest BCUT2D eigenvalue weighted by Crippen LogP contribution is -2.21. The Morgan fingerprint density at radius 2 is 1.89 bits per heavy atom. The van der Waals surface area contributed by atoms with E-state index < -0.39 is 12.1 Å². The largest absolute Gasteiger partial charge is 0.473 e. The van der Waals surface area contributed by atoms with Crippen LogP contribution in [0.5, 0.6) is 5.75 Å². The fourth-order valence-electron chi connectivity index (χ4n) is 2.75. The van der Waals surface area contributed by atoms with Gasteiger partial charge in [-0.25, -0.2) is 4.79 Å². The first-order valence-electron chi connectivity index (χ1n) is 8.94. The van der Waals surface area contributed by atoms with Crippen LogP contribution in [0.3, 0.4) is 0 Å². The number of hydrogen-bond donors (Lipinski definition) is 0. The molecule has 0 aliphatic heterocycles. The second-order valence-electron chi connectivity index (χ2n) is 6.00. The van der Waals surface area contributed by atoms with Gasteiger partial charge in [0.05, 0.1) is 12.3 Å². The maximum atomic E-state index is 12.6. The third kappa shape index (κ3) is 4.66. The molecule has 28 heavy (non-hydrogen) atoms. The zero-order valence-electron chi connectivity index (χ0n) is 15.6. The second kappa shape index (κ2) is 9.13. The number of halogens is 2. The minimum Gasteiger partial charge on any atom is -0.473 e. The summed E-state index contributed by atoms with van der Waals surface area (Å²) in [5, 5.41) is 5.57. The molecule has 3 aromatic rings. The highest BCUT2D eigenvalue weighted by atomic mass is 35.5. The van der Waals surface area contributed by atoms with Crippen molar-refractivity contribution >= 4 is 29.2 Å². The minimum atomic E-state index is -0.966. The predicted molar refractivity (Wildman–Crippen MR) is 110 cm³/mol. The molecular formula is C21H20Cl2N2O3. The molecule has 146 valence electrons. The summed E-state index contributed by atoms with van der Waals surface area (Å²) < 4.78 is 13.1. The van der Waals surface area contributed by atoms with Gasteiger partial charge < -0.3 is 9.47 Å². The molecule has 1 aromatic heterocycles. The van der Waals surface area contributed by atoms with Crippen molar-refractivity contribution in [3.8, 4) is 17.0 Å². The molecule has 0 aliphatic rings. The van der Waals surface area contributed by atoms with Gasteiger partial charge in [0.25, 0.3) is 0 Å². The van der Waals surface area contributed by atoms with E-state index in [1.807, 2.05) is 19.2 Å². The average Bonchev–Trinajstić information content (AvgIpc) is 3.16. The number of rotatable bonds is 7. The molecule has 0 aliphatic carbocycles. The number of benzene rings is 2. The lowest BCUT2D eigenvalue weighted by Gasteiger charge is -2.20. The number of ether oxygens (including phenoxy) is 2. The Morgan fingerprint density at radius 1 is 1.11 bits per heavy atom. The van der Waals surface area contributed by atoms with Crippen LogP contribution in [0.1, 0.15) is 25.5 Å². The van der Waals surface area contributed by atoms with Crippen LogP contribution in [0.4, 0.5) is 0 Å². The van der Waals surface area contributed by atoms with Crippen LogP contribution in [0.15, 0.2) is 54.7 Å². The Balaban J connectivity index is 2.02. The first kappa shape index (κ1) is 20.2. The van der Waals surface area contributed by atoms with Crippen molar-refractivity contribution in [1.82, 2.24) is 9.78 Å². The summed E-state index contributed by atoms with van der Waals surface area (Å²) in [6.45, 7) is 4.73. The van der Waals surface area contributed by atoms with Gasteiger partial charge >= 0.3 is 5.97 Å². The standard InChI is InChI=1S/C21H20Cl2N2O3/c1-3-25-11-10-18(24-25)17-13-16(23)8-9-19(17)28-20(21(26)27-4-2)14-6-5-7-15(22)12-14/h5-13,20H,3-4H2,1-2H3. The smallest absolute Gasteiger partial charge is 0.352 e. The summed E-state index contributed by atoms with van der Waals surface area (Å²) in [4.78, 5) is 12.6. The van der Waals surface area contributed by atoms with Crippen molar-refractivity contribution in [2.75, 3.05) is 6.61 Å². The van der Waals surface area contributed by atoms with Gasteiger partial charge in [0.15, 0.2) is 0 Å². The first-order chi connectivity index (χ1) is 13.5. The van der Waals surface area contributed by atoms with E-state index in [0.29, 0.717) is 32.6 Å². The van der Waals surface area contributed by atoms with Crippen LogP contribution >= 0.6 is 23.2 Å². The van der Waals surface area contributed by atoms with Crippen molar-refractivity contribution in [2.45, 2.75) is 26.5 Å². The topological polar surface area (TPSA) is 53.4 Å². The van der Waals surface area contributed by atoms with E-state index in [1.54, 1.807) is 54.1 Å². The van der Waals surface area contributed by atoms with Crippen molar-refractivity contribution in [3.05, 3.63) is 70.3 Å². The third-order valence-electron chi connectivity index (χ3n) is 4.08. The molecule has 0 spiro atoms. The van der Waals surface area contributed by atoms with E-state index in [-0.39, 0.29) is 6.61 Å². The molecule has 5 nitrogen and oxygen atoms in total. The lowest BCUT2D eigenvalue weighted by molar-refractivity contribution is -0.151. The van der Waals surface area contributed by atoms with Crippen molar-refractivity contribution < 1.29 is 14.3 Å². The number of esters is 1. The van der Waals surface area contributed by atoms with Gasteiger partial charge in [0.2, 0.25) is 6.10 Å². The Kier molecular flexibility index (Phi) is 6.60. The SMILES string of the molecule is CCOC(=O)C(Oc1ccc(Cl)cc1-c1ccn(CC)n1)c1cccc(Cl)c1. The Labute approximate surface area is 173 Å². The zero-order valence-corrected chi connectivity index (χ0v) is 17.1. The highest BCUT2D eigenvalue weighted by Crippen LogP contribution is 2.35. The van der Waals surface area contributed by atoms with E-state index in [0.717, 1.165) is 6.54 Å². The van der Waals surface area contributed by atoms with Gasteiger partial charge in [-0.2, -0.15) is 5.10 Å². The monoisotopic (exact) mass is 418 g/mol. The second-order valence-corrected chi connectivity index (χ2v) is 6.87. The maximum Gasteiger partial charge on any atom is 0.352 e. The molecule has 0 fully saturated rings. The van der Waals surface area contributed by atoms with E-state index in [4.69, 9.17) is 32.7 Å². The Hall–Kier alpha value is -2.50. The minimum absolute atomic E-state index is 0.244. The van der Waals surface area contributed by atoms with E-state index in [9.17, 15) is 4.79 Å². The molecular weight excluding hydrogens is 399 g/mol. The number of nitrogens with zero attached hydrogens (tertiary/aromatic N) is 2. The molecule has 1 unspecified atom stereocenters. The number of aryl methyl sites for hydroxylation is 1. The van der Waals surface area contributed by atoms with Gasteiger partial charge in [0.1, 0.15) is 5.75 Å². The van der Waals surface area contributed by atoms with Crippen LogP contribution in [-0.4, -0.2) is 22.4 Å². The van der Waals surface area contributed by atoms with Gasteiger partial charge in [-0.05, 0) is 50.2 Å². The zero-order chi connectivity index (χ0) is 20.1. The van der Waals surface area contributed by atoms with Gasteiger partial charge in [-0.15, -0.1) is 0 Å². The Bertz CT molecular complexity index is 972. The fraction of sp³-hybridized carbons (Fsp3) is 0.238. The van der Waals surface area contributed by atoms with Crippen molar-refractivity contribution in [2.24, 2.45) is 0 Å². The van der Waals surface area contributed by atoms with Crippen molar-refractivity contribution in [1.29, 1.82) is 0 Å². The van der Waals surface area contributed by atoms with Crippen LogP contribution in [-0.2, 0) is 16.1 Å². The summed E-state index contributed by atoms with van der Waals surface area (Å²) in [5.41, 5.74) is 2.00. The van der Waals surface area contributed by atoms with Crippen LogP contribution in [0.25, 0.3) is 11.3 Å². The number of carbonyl (C=O) groups excluding carboxylic acids is 1. The quantitative estimate of drug-likeness (QED) is 0.471. The van der Waals surface area contributed by atoms with E-state index in [1.165, 1.54) is 0 Å². The van der Waals surface area contributed by atoms with E-state index >= 15 is 0 Å². The predicted octanol–water partition coefficient (Wildman–Crippen LogP) is 5.56. The molecule has 0 saturated heterocycles. The molecule has 1 atom stereocenters. The van der Waals surface area contributed by atoms with Crippen molar-refractivity contribution in [3.63, 3.8) is 0 Å². The van der Waals surface area contributed by atoms with Gasteiger partial charge in [-0.1, -0.05) is 35.3 Å².